The number of alkyl carbamates (subject to hydrolysis) is 1. The summed E-state index contributed by atoms with van der Waals surface area (Å²) in [6.45, 7) is 6.78. The van der Waals surface area contributed by atoms with Crippen LogP contribution in [0, 0.1) is 6.92 Å². The Labute approximate surface area is 189 Å². The lowest BCUT2D eigenvalue weighted by Crippen LogP contribution is -2.50. The molecular weight excluding hydrogens is 434 g/mol. The summed E-state index contributed by atoms with van der Waals surface area (Å²) in [5.74, 6) is 0. The number of hydrogen-bond acceptors (Lipinski definition) is 7. The molecule has 9 heteroatoms. The van der Waals surface area contributed by atoms with Crippen LogP contribution in [0.2, 0.25) is 0 Å². The van der Waals surface area contributed by atoms with Crippen LogP contribution in [0.5, 0.6) is 0 Å². The van der Waals surface area contributed by atoms with Crippen molar-refractivity contribution in [3.8, 4) is 0 Å². The van der Waals surface area contributed by atoms with E-state index in [1.807, 2.05) is 37.3 Å². The molecule has 0 aliphatic rings. The van der Waals surface area contributed by atoms with Gasteiger partial charge in [0.25, 0.3) is 16.6 Å². The topological polar surface area (TPSA) is 108 Å². The Balaban J connectivity index is 2.34. The first kappa shape index (κ1) is 25.4. The van der Waals surface area contributed by atoms with Crippen LogP contribution in [0.3, 0.4) is 0 Å². The largest absolute Gasteiger partial charge is 0.465 e. The molecule has 32 heavy (non-hydrogen) atoms. The maximum atomic E-state index is 12.9. The highest BCUT2D eigenvalue weighted by molar-refractivity contribution is 7.86. The number of amides is 1. The zero-order chi connectivity index (χ0) is 23.8. The molecule has 2 atom stereocenters. The van der Waals surface area contributed by atoms with Crippen molar-refractivity contribution in [2.45, 2.75) is 56.8 Å². The number of hydrogen-bond donors (Lipinski definition) is 1. The van der Waals surface area contributed by atoms with Crippen molar-refractivity contribution in [1.29, 1.82) is 0 Å². The number of aryl methyl sites for hydroxylation is 1. The highest BCUT2D eigenvalue weighted by atomic mass is 32.2. The zero-order valence-corrected chi connectivity index (χ0v) is 19.4. The van der Waals surface area contributed by atoms with Crippen LogP contribution in [0.1, 0.15) is 31.9 Å². The molecule has 1 amide bonds. The molecule has 0 saturated carbocycles. The molecule has 0 aliphatic heterocycles. The van der Waals surface area contributed by atoms with E-state index in [0.717, 1.165) is 11.1 Å². The number of carbonyl (C=O) groups is 2. The second-order valence-corrected chi connectivity index (χ2v) is 9.85. The van der Waals surface area contributed by atoms with E-state index in [0.29, 0.717) is 0 Å². The van der Waals surface area contributed by atoms with Crippen LogP contribution in [-0.2, 0) is 35.0 Å². The fourth-order valence-electron chi connectivity index (χ4n) is 2.87. The van der Waals surface area contributed by atoms with Gasteiger partial charge in [-0.15, -0.1) is 0 Å². The molecular formula is C23H29NO7S. The summed E-state index contributed by atoms with van der Waals surface area (Å²) < 4.78 is 41.4. The van der Waals surface area contributed by atoms with Crippen molar-refractivity contribution in [2.75, 3.05) is 6.61 Å². The number of ether oxygens (including phenoxy) is 2. The molecule has 0 spiro atoms. The van der Waals surface area contributed by atoms with Crippen molar-refractivity contribution >= 4 is 22.7 Å². The lowest BCUT2D eigenvalue weighted by atomic mass is 10.0. The average Bonchev–Trinajstić information content (AvgIpc) is 2.70. The smallest absolute Gasteiger partial charge is 0.407 e. The molecule has 0 radical (unpaired) electrons. The van der Waals surface area contributed by atoms with Gasteiger partial charge in [0.2, 0.25) is 0 Å². The second-order valence-electron chi connectivity index (χ2n) is 8.27. The third-order valence-corrected chi connectivity index (χ3v) is 5.69. The van der Waals surface area contributed by atoms with Gasteiger partial charge in [0, 0.05) is 0 Å². The molecule has 1 N–H and O–H groups in total. The summed E-state index contributed by atoms with van der Waals surface area (Å²) in [5.41, 5.74) is 0.949. The van der Waals surface area contributed by atoms with Gasteiger partial charge in [-0.3, -0.25) is 8.98 Å². The maximum absolute atomic E-state index is 12.9. The molecule has 2 rings (SSSR count). The monoisotopic (exact) mass is 463 g/mol. The Bertz CT molecular complexity index is 983. The van der Waals surface area contributed by atoms with Gasteiger partial charge in [0.15, 0.2) is 0 Å². The number of nitrogens with one attached hydrogen (secondary N) is 1. The third-order valence-electron chi connectivity index (χ3n) is 4.34. The lowest BCUT2D eigenvalue weighted by molar-refractivity contribution is -0.131. The van der Waals surface area contributed by atoms with E-state index in [1.165, 1.54) is 12.1 Å². The molecule has 0 aliphatic carbocycles. The van der Waals surface area contributed by atoms with Gasteiger partial charge >= 0.3 is 6.09 Å². The summed E-state index contributed by atoms with van der Waals surface area (Å²) >= 11 is 0. The van der Waals surface area contributed by atoms with Gasteiger partial charge in [-0.1, -0.05) is 48.0 Å². The van der Waals surface area contributed by atoms with Gasteiger partial charge < -0.3 is 14.8 Å². The molecule has 2 aromatic carbocycles. The normalized spacial score (nSPS) is 13.6. The van der Waals surface area contributed by atoms with Crippen molar-refractivity contribution in [3.63, 3.8) is 0 Å². The highest BCUT2D eigenvalue weighted by Gasteiger charge is 2.32. The fourth-order valence-corrected chi connectivity index (χ4v) is 3.97. The average molecular weight is 464 g/mol. The van der Waals surface area contributed by atoms with Gasteiger partial charge in [-0.25, -0.2) is 4.79 Å². The fraction of sp³-hybridized carbons (Fsp3) is 0.391. The van der Waals surface area contributed by atoms with Crippen LogP contribution in [0.4, 0.5) is 4.79 Å². The molecule has 0 heterocycles. The van der Waals surface area contributed by atoms with Crippen molar-refractivity contribution in [3.05, 3.63) is 65.7 Å². The summed E-state index contributed by atoms with van der Waals surface area (Å²) in [7, 11) is -4.20. The summed E-state index contributed by atoms with van der Waals surface area (Å²) in [6, 6.07) is 14.4. The molecule has 0 saturated heterocycles. The van der Waals surface area contributed by atoms with Crippen molar-refractivity contribution in [2.24, 2.45) is 0 Å². The Kier molecular flexibility index (Phi) is 8.80. The predicted molar refractivity (Wildman–Crippen MR) is 119 cm³/mol. The van der Waals surface area contributed by atoms with Gasteiger partial charge in [-0.2, -0.15) is 8.42 Å². The lowest BCUT2D eigenvalue weighted by Gasteiger charge is -2.28. The first-order chi connectivity index (χ1) is 15.0. The minimum atomic E-state index is -4.20. The zero-order valence-electron chi connectivity index (χ0n) is 18.6. The molecule has 174 valence electrons. The van der Waals surface area contributed by atoms with Gasteiger partial charge in [0.05, 0.1) is 10.9 Å². The van der Waals surface area contributed by atoms with E-state index in [2.05, 4.69) is 5.32 Å². The highest BCUT2D eigenvalue weighted by Crippen LogP contribution is 2.19. The Morgan fingerprint density at radius 2 is 1.69 bits per heavy atom. The first-order valence-electron chi connectivity index (χ1n) is 10.1. The molecule has 8 nitrogen and oxygen atoms in total. The molecule has 0 unspecified atom stereocenters. The SMILES string of the molecule is Cc1ccc(S(=O)(=O)O[C@H](COC=O)[C@H](Cc2ccccc2)NC(=O)OC(C)(C)C)cc1. The van der Waals surface area contributed by atoms with E-state index in [-0.39, 0.29) is 24.4 Å². The molecule has 0 fully saturated rings. The molecule has 2 aromatic rings. The van der Waals surface area contributed by atoms with Crippen LogP contribution >= 0.6 is 0 Å². The van der Waals surface area contributed by atoms with Crippen LogP contribution < -0.4 is 5.32 Å². The number of benzene rings is 2. The molecule has 0 bridgehead atoms. The molecule has 0 aromatic heterocycles. The van der Waals surface area contributed by atoms with Crippen molar-refractivity contribution in [1.82, 2.24) is 5.32 Å². The predicted octanol–water partition coefficient (Wildman–Crippen LogP) is 3.38. The summed E-state index contributed by atoms with van der Waals surface area (Å²) in [4.78, 5) is 23.2. The van der Waals surface area contributed by atoms with E-state index in [4.69, 9.17) is 13.7 Å². The van der Waals surface area contributed by atoms with Crippen LogP contribution in [0.25, 0.3) is 0 Å². The minimum Gasteiger partial charge on any atom is -0.465 e. The summed E-state index contributed by atoms with van der Waals surface area (Å²) in [6.07, 6.45) is -1.72. The quantitative estimate of drug-likeness (QED) is 0.425. The van der Waals surface area contributed by atoms with Gasteiger partial charge in [-0.05, 0) is 51.8 Å². The van der Waals surface area contributed by atoms with Crippen LogP contribution in [-0.4, -0.2) is 45.3 Å². The maximum Gasteiger partial charge on any atom is 0.407 e. The number of rotatable bonds is 10. The van der Waals surface area contributed by atoms with E-state index < -0.39 is 34.0 Å². The Morgan fingerprint density at radius 3 is 2.25 bits per heavy atom. The van der Waals surface area contributed by atoms with Gasteiger partial charge in [0.1, 0.15) is 18.3 Å². The van der Waals surface area contributed by atoms with E-state index in [1.54, 1.807) is 32.9 Å². The third kappa shape index (κ3) is 8.32. The Hall–Kier alpha value is -2.91. The second kappa shape index (κ2) is 11.1. The summed E-state index contributed by atoms with van der Waals surface area (Å²) in [5, 5.41) is 2.67. The van der Waals surface area contributed by atoms with Crippen molar-refractivity contribution < 1.29 is 31.7 Å². The number of carbonyl (C=O) groups excluding carboxylic acids is 2. The Morgan fingerprint density at radius 1 is 1.06 bits per heavy atom. The van der Waals surface area contributed by atoms with E-state index in [9.17, 15) is 18.0 Å². The van der Waals surface area contributed by atoms with E-state index >= 15 is 0 Å². The minimum absolute atomic E-state index is 0.0464. The van der Waals surface area contributed by atoms with Crippen LogP contribution in [0.15, 0.2) is 59.5 Å². The first-order valence-corrected chi connectivity index (χ1v) is 11.5. The standard InChI is InChI=1S/C23H29NO7S/c1-17-10-12-19(13-11-17)32(27,28)31-21(15-29-16-25)20(14-18-8-6-5-7-9-18)24-22(26)30-23(2,3)4/h5-13,16,20-21H,14-15H2,1-4H3,(H,24,26)/t20-,21+/m0/s1.